The summed E-state index contributed by atoms with van der Waals surface area (Å²) in [6.07, 6.45) is 3.33. The summed E-state index contributed by atoms with van der Waals surface area (Å²) < 4.78 is 27.2. The van der Waals surface area contributed by atoms with E-state index in [-0.39, 0.29) is 30.0 Å². The summed E-state index contributed by atoms with van der Waals surface area (Å²) in [6, 6.07) is 3.86. The lowest BCUT2D eigenvalue weighted by molar-refractivity contribution is -0.143. The Kier molecular flexibility index (Phi) is 5.28. The van der Waals surface area contributed by atoms with Crippen LogP contribution in [0.5, 0.6) is 0 Å². The highest BCUT2D eigenvalue weighted by molar-refractivity contribution is 5.70. The Balaban J connectivity index is 1.92. The van der Waals surface area contributed by atoms with Gasteiger partial charge in [0.15, 0.2) is 0 Å². The second-order valence-corrected chi connectivity index (χ2v) is 5.87. The van der Waals surface area contributed by atoms with E-state index in [1.165, 1.54) is 18.2 Å². The van der Waals surface area contributed by atoms with Gasteiger partial charge in [0.05, 0.1) is 5.92 Å². The van der Waals surface area contributed by atoms with Gasteiger partial charge in [0.25, 0.3) is 0 Å². The third kappa shape index (κ3) is 4.24. The Morgan fingerprint density at radius 3 is 2.67 bits per heavy atom. The number of rotatable bonds is 5. The van der Waals surface area contributed by atoms with Gasteiger partial charge in [-0.3, -0.25) is 4.79 Å². The highest BCUT2D eigenvalue weighted by atomic mass is 19.1. The molecule has 21 heavy (non-hydrogen) atoms. The van der Waals surface area contributed by atoms with E-state index in [0.29, 0.717) is 12.8 Å². The molecule has 0 bridgehead atoms. The Bertz CT molecular complexity index is 487. The van der Waals surface area contributed by atoms with Crippen molar-refractivity contribution in [3.63, 3.8) is 0 Å². The minimum absolute atomic E-state index is 0.0862. The van der Waals surface area contributed by atoms with Crippen molar-refractivity contribution in [2.45, 2.75) is 51.1 Å². The first-order chi connectivity index (χ1) is 9.97. The molecule has 5 heteroatoms. The molecule has 0 spiro atoms. The summed E-state index contributed by atoms with van der Waals surface area (Å²) in [5.41, 5.74) is 0.0862. The van der Waals surface area contributed by atoms with Gasteiger partial charge in [-0.1, -0.05) is 12.5 Å². The third-order valence-electron chi connectivity index (χ3n) is 4.12. The zero-order valence-electron chi connectivity index (χ0n) is 12.1. The summed E-state index contributed by atoms with van der Waals surface area (Å²) in [7, 11) is 0. The number of carbonyl (C=O) groups is 1. The SMILES string of the molecule is CC(Cc1c(F)cccc1F)NC1CCCC(C(=O)O)C1. The standard InChI is InChI=1S/C16H21F2NO2/c1-10(8-13-14(17)6-3-7-15(13)18)19-12-5-2-4-11(9-12)16(20)21/h3,6-7,10-12,19H,2,4-5,8-9H2,1H3,(H,20,21). The molecule has 0 saturated heterocycles. The van der Waals surface area contributed by atoms with Crippen molar-refractivity contribution < 1.29 is 18.7 Å². The summed E-state index contributed by atoms with van der Waals surface area (Å²) >= 11 is 0. The van der Waals surface area contributed by atoms with Crippen LogP contribution in [0.1, 0.15) is 38.2 Å². The van der Waals surface area contributed by atoms with Gasteiger partial charge in [-0.25, -0.2) is 8.78 Å². The molecule has 1 aliphatic rings. The molecule has 1 aliphatic carbocycles. The van der Waals surface area contributed by atoms with Crippen LogP contribution in [0.2, 0.25) is 0 Å². The van der Waals surface area contributed by atoms with Crippen LogP contribution in [-0.2, 0) is 11.2 Å². The number of hydrogen-bond acceptors (Lipinski definition) is 2. The number of benzene rings is 1. The zero-order chi connectivity index (χ0) is 15.4. The molecule has 3 unspecified atom stereocenters. The number of hydrogen-bond donors (Lipinski definition) is 2. The Labute approximate surface area is 123 Å². The monoisotopic (exact) mass is 297 g/mol. The summed E-state index contributed by atoms with van der Waals surface area (Å²) in [5.74, 6) is -2.13. The van der Waals surface area contributed by atoms with Gasteiger partial charge in [-0.2, -0.15) is 0 Å². The first-order valence-corrected chi connectivity index (χ1v) is 7.39. The van der Waals surface area contributed by atoms with Gasteiger partial charge in [-0.15, -0.1) is 0 Å². The fourth-order valence-electron chi connectivity index (χ4n) is 3.06. The van der Waals surface area contributed by atoms with Crippen molar-refractivity contribution in [2.75, 3.05) is 0 Å². The van der Waals surface area contributed by atoms with Gasteiger partial charge >= 0.3 is 5.97 Å². The van der Waals surface area contributed by atoms with Crippen LogP contribution in [0.25, 0.3) is 0 Å². The molecule has 1 aromatic carbocycles. The predicted octanol–water partition coefficient (Wildman–Crippen LogP) is 3.13. The Hall–Kier alpha value is -1.49. The molecule has 116 valence electrons. The lowest BCUT2D eigenvalue weighted by Gasteiger charge is -2.30. The van der Waals surface area contributed by atoms with E-state index in [9.17, 15) is 13.6 Å². The number of carboxylic acid groups (broad SMARTS) is 1. The van der Waals surface area contributed by atoms with Gasteiger partial charge in [-0.05, 0) is 44.7 Å². The average Bonchev–Trinajstić information content (AvgIpc) is 2.43. The molecular weight excluding hydrogens is 276 g/mol. The largest absolute Gasteiger partial charge is 0.481 e. The summed E-state index contributed by atoms with van der Waals surface area (Å²) in [6.45, 7) is 1.87. The van der Waals surface area contributed by atoms with Crippen LogP contribution >= 0.6 is 0 Å². The van der Waals surface area contributed by atoms with E-state index in [1.807, 2.05) is 6.92 Å². The average molecular weight is 297 g/mol. The van der Waals surface area contributed by atoms with Gasteiger partial charge in [0.2, 0.25) is 0 Å². The fourth-order valence-corrected chi connectivity index (χ4v) is 3.06. The van der Waals surface area contributed by atoms with Crippen LogP contribution in [0.4, 0.5) is 8.78 Å². The van der Waals surface area contributed by atoms with Gasteiger partial charge in [0.1, 0.15) is 11.6 Å². The van der Waals surface area contributed by atoms with Crippen LogP contribution in [0.3, 0.4) is 0 Å². The molecule has 1 fully saturated rings. The molecule has 2 rings (SSSR count). The van der Waals surface area contributed by atoms with Crippen LogP contribution < -0.4 is 5.32 Å². The molecule has 1 saturated carbocycles. The first kappa shape index (κ1) is 15.9. The molecule has 3 nitrogen and oxygen atoms in total. The maximum Gasteiger partial charge on any atom is 0.306 e. The maximum absolute atomic E-state index is 13.6. The van der Waals surface area contributed by atoms with Crippen LogP contribution in [0, 0.1) is 17.6 Å². The molecule has 0 aliphatic heterocycles. The number of nitrogens with one attached hydrogen (secondary N) is 1. The molecular formula is C16H21F2NO2. The van der Waals surface area contributed by atoms with Crippen molar-refractivity contribution in [2.24, 2.45) is 5.92 Å². The van der Waals surface area contributed by atoms with E-state index in [2.05, 4.69) is 5.32 Å². The van der Waals surface area contributed by atoms with Gasteiger partial charge in [0, 0.05) is 17.6 Å². The molecule has 2 N–H and O–H groups in total. The normalized spacial score (nSPS) is 23.8. The smallest absolute Gasteiger partial charge is 0.306 e. The maximum atomic E-state index is 13.6. The second-order valence-electron chi connectivity index (χ2n) is 5.87. The van der Waals surface area contributed by atoms with Crippen molar-refractivity contribution in [1.82, 2.24) is 5.32 Å². The third-order valence-corrected chi connectivity index (χ3v) is 4.12. The molecule has 0 aromatic heterocycles. The highest BCUT2D eigenvalue weighted by Gasteiger charge is 2.27. The number of halogens is 2. The second kappa shape index (κ2) is 6.98. The molecule has 0 heterocycles. The van der Waals surface area contributed by atoms with Gasteiger partial charge < -0.3 is 10.4 Å². The zero-order valence-corrected chi connectivity index (χ0v) is 12.1. The molecule has 1 aromatic rings. The van der Waals surface area contributed by atoms with E-state index in [4.69, 9.17) is 5.11 Å². The topological polar surface area (TPSA) is 49.3 Å². The van der Waals surface area contributed by atoms with Crippen LogP contribution in [0.15, 0.2) is 18.2 Å². The summed E-state index contributed by atoms with van der Waals surface area (Å²) in [5, 5.41) is 12.4. The van der Waals surface area contributed by atoms with E-state index < -0.39 is 17.6 Å². The summed E-state index contributed by atoms with van der Waals surface area (Å²) in [4.78, 5) is 11.0. The highest BCUT2D eigenvalue weighted by Crippen LogP contribution is 2.25. The van der Waals surface area contributed by atoms with E-state index in [1.54, 1.807) is 0 Å². The van der Waals surface area contributed by atoms with Crippen molar-refractivity contribution in [3.8, 4) is 0 Å². The van der Waals surface area contributed by atoms with Crippen molar-refractivity contribution in [3.05, 3.63) is 35.4 Å². The predicted molar refractivity (Wildman–Crippen MR) is 76.0 cm³/mol. The van der Waals surface area contributed by atoms with Crippen LogP contribution in [-0.4, -0.2) is 23.2 Å². The quantitative estimate of drug-likeness (QED) is 0.878. The van der Waals surface area contributed by atoms with Crippen molar-refractivity contribution in [1.29, 1.82) is 0 Å². The molecule has 0 radical (unpaired) electrons. The van der Waals surface area contributed by atoms with E-state index in [0.717, 1.165) is 12.8 Å². The molecule has 0 amide bonds. The lowest BCUT2D eigenvalue weighted by atomic mass is 9.85. The lowest BCUT2D eigenvalue weighted by Crippen LogP contribution is -2.42. The van der Waals surface area contributed by atoms with E-state index >= 15 is 0 Å². The minimum atomic E-state index is -0.755. The Morgan fingerprint density at radius 1 is 1.38 bits per heavy atom. The molecule has 3 atom stereocenters. The minimum Gasteiger partial charge on any atom is -0.481 e. The fraction of sp³-hybridized carbons (Fsp3) is 0.562. The van der Waals surface area contributed by atoms with Crippen molar-refractivity contribution >= 4 is 5.97 Å². The Morgan fingerprint density at radius 2 is 2.05 bits per heavy atom. The first-order valence-electron chi connectivity index (χ1n) is 7.39. The number of carboxylic acids is 1. The number of aliphatic carboxylic acids is 1.